The van der Waals surface area contributed by atoms with Gasteiger partial charge in [-0.3, -0.25) is 4.79 Å². The molecular weight excluding hydrogens is 754 g/mol. The molecule has 0 aromatic heterocycles. The van der Waals surface area contributed by atoms with Crippen molar-refractivity contribution in [2.24, 2.45) is 5.16 Å². The number of carbonyl (C=O) groups excluding carboxylic acids is 2. The minimum Gasteiger partial charge on any atom is -0.495 e. The van der Waals surface area contributed by atoms with Crippen LogP contribution in [0.2, 0.25) is 0 Å². The molecule has 11 nitrogen and oxygen atoms in total. The van der Waals surface area contributed by atoms with E-state index in [4.69, 9.17) is 19.0 Å². The van der Waals surface area contributed by atoms with Crippen molar-refractivity contribution in [2.45, 2.75) is 30.3 Å². The van der Waals surface area contributed by atoms with Crippen LogP contribution >= 0.6 is 63.7 Å². The number of amides is 2. The smallest absolute Gasteiger partial charge is 0.407 e. The number of cyclic esters (lactones) is 1. The zero-order chi connectivity index (χ0) is 26.9. The normalized spacial score (nSPS) is 25.6. The molecule has 4 N–H and O–H groups in total. The summed E-state index contributed by atoms with van der Waals surface area (Å²) in [5, 5.41) is 30.1. The Kier molecular flexibility index (Phi) is 8.90. The molecule has 2 heterocycles. The van der Waals surface area contributed by atoms with E-state index in [9.17, 15) is 19.8 Å². The van der Waals surface area contributed by atoms with Gasteiger partial charge in [0.2, 0.25) is 0 Å². The van der Waals surface area contributed by atoms with E-state index in [0.717, 1.165) is 5.56 Å². The summed E-state index contributed by atoms with van der Waals surface area (Å²) in [7, 11) is 1.47. The number of alkyl carbamates (subject to hydrolysis) is 1. The second kappa shape index (κ2) is 11.6. The third-order valence-electron chi connectivity index (χ3n) is 5.74. The Bertz CT molecular complexity index is 1180. The van der Waals surface area contributed by atoms with Crippen LogP contribution in [-0.2, 0) is 19.1 Å². The van der Waals surface area contributed by atoms with Gasteiger partial charge >= 0.3 is 6.09 Å². The number of benzene rings is 1. The van der Waals surface area contributed by atoms with E-state index in [2.05, 4.69) is 79.5 Å². The largest absolute Gasteiger partial charge is 0.495 e. The molecule has 1 saturated heterocycles. The van der Waals surface area contributed by atoms with Crippen molar-refractivity contribution in [3.05, 3.63) is 47.4 Å². The van der Waals surface area contributed by atoms with E-state index in [-0.39, 0.29) is 25.3 Å². The van der Waals surface area contributed by atoms with Crippen LogP contribution in [0.25, 0.3) is 0 Å². The minimum absolute atomic E-state index is 0.00581. The highest BCUT2D eigenvalue weighted by Crippen LogP contribution is 2.44. The Balaban J connectivity index is 1.29. The number of aliphatic hydroxyl groups excluding tert-OH is 2. The van der Waals surface area contributed by atoms with E-state index >= 15 is 0 Å². The number of ether oxygens (including phenoxy) is 3. The second-order valence-corrected chi connectivity index (χ2v) is 11.7. The highest BCUT2D eigenvalue weighted by molar-refractivity contribution is 9.12. The first-order valence-corrected chi connectivity index (χ1v) is 14.0. The number of aliphatic hydroxyl groups is 2. The number of hydrogen-bond acceptors (Lipinski definition) is 9. The maximum atomic E-state index is 12.6. The van der Waals surface area contributed by atoms with Crippen LogP contribution in [0.4, 0.5) is 4.79 Å². The van der Waals surface area contributed by atoms with E-state index < -0.39 is 35.9 Å². The maximum absolute atomic E-state index is 12.6. The van der Waals surface area contributed by atoms with Gasteiger partial charge in [0.1, 0.15) is 42.1 Å². The predicted molar refractivity (Wildman–Crippen MR) is 145 cm³/mol. The average Bonchev–Trinajstić information content (AvgIpc) is 3.48. The van der Waals surface area contributed by atoms with Crippen molar-refractivity contribution >= 4 is 81.4 Å². The molecule has 0 saturated carbocycles. The van der Waals surface area contributed by atoms with E-state index in [0.29, 0.717) is 36.0 Å². The fourth-order valence-electron chi connectivity index (χ4n) is 3.85. The number of oxime groups is 1. The zero-order valence-corrected chi connectivity index (χ0v) is 25.4. The van der Waals surface area contributed by atoms with Crippen LogP contribution < -0.4 is 15.4 Å². The van der Waals surface area contributed by atoms with Gasteiger partial charge in [-0.05, 0) is 87.5 Å². The summed E-state index contributed by atoms with van der Waals surface area (Å²) >= 11 is 13.6. The molecule has 1 fully saturated rings. The molecule has 0 radical (unpaired) electrons. The lowest BCUT2D eigenvalue weighted by atomic mass is 9.87. The molecule has 2 aliphatic heterocycles. The maximum Gasteiger partial charge on any atom is 0.407 e. The first kappa shape index (κ1) is 28.4. The number of allylic oxidation sites excluding steroid dienone is 1. The summed E-state index contributed by atoms with van der Waals surface area (Å²) in [6.45, 7) is 0.138. The lowest BCUT2D eigenvalue weighted by molar-refractivity contribution is -0.115. The molecule has 2 amide bonds. The van der Waals surface area contributed by atoms with Crippen LogP contribution in [0.5, 0.6) is 5.75 Å². The quantitative estimate of drug-likeness (QED) is 0.315. The van der Waals surface area contributed by atoms with Crippen molar-refractivity contribution < 1.29 is 38.9 Å². The monoisotopic (exact) mass is 771 g/mol. The van der Waals surface area contributed by atoms with E-state index in [1.54, 1.807) is 18.2 Å². The molecule has 1 aromatic rings. The molecule has 15 heteroatoms. The molecule has 1 aromatic carbocycles. The number of rotatable bonds is 8. The minimum atomic E-state index is -1.27. The molecule has 2 unspecified atom stereocenters. The number of carbonyl (C=O) groups is 2. The Morgan fingerprint density at radius 3 is 2.65 bits per heavy atom. The second-order valence-electron chi connectivity index (χ2n) is 8.30. The third-order valence-corrected chi connectivity index (χ3v) is 8.30. The Morgan fingerprint density at radius 2 is 2.03 bits per heavy atom. The molecule has 1 spiro atoms. The molecule has 3 aliphatic rings. The first-order valence-electron chi connectivity index (χ1n) is 10.8. The van der Waals surface area contributed by atoms with E-state index in [1.807, 2.05) is 0 Å². The molecule has 4 atom stereocenters. The number of halogens is 4. The topological polar surface area (TPSA) is 148 Å². The van der Waals surface area contributed by atoms with Gasteiger partial charge in [-0.25, -0.2) is 4.79 Å². The SMILES string of the molecule is COC1=C(Br)[C@H](O)[C@@]2(C=C1Br)CC(C(=O)NCC(O)COc1c(Br)cc(C3CNC(=O)O3)cc1Br)=NO2. The highest BCUT2D eigenvalue weighted by atomic mass is 79.9. The Hall–Kier alpha value is -1.65. The van der Waals surface area contributed by atoms with Gasteiger partial charge in [-0.15, -0.1) is 0 Å². The van der Waals surface area contributed by atoms with Gasteiger partial charge in [0.05, 0.1) is 31.6 Å². The fraction of sp³-hybridized carbons (Fsp3) is 0.409. The van der Waals surface area contributed by atoms with Gasteiger partial charge in [-0.1, -0.05) is 5.16 Å². The lowest BCUT2D eigenvalue weighted by Gasteiger charge is -2.33. The van der Waals surface area contributed by atoms with Crippen LogP contribution in [0.1, 0.15) is 18.1 Å². The summed E-state index contributed by atoms with van der Waals surface area (Å²) in [5.74, 6) is 0.311. The van der Waals surface area contributed by atoms with Crippen molar-refractivity contribution in [1.29, 1.82) is 0 Å². The number of nitrogens with zero attached hydrogens (tertiary/aromatic N) is 1. The number of methoxy groups -OCH3 is 1. The highest BCUT2D eigenvalue weighted by Gasteiger charge is 2.50. The average molecular weight is 775 g/mol. The molecule has 4 rings (SSSR count). The van der Waals surface area contributed by atoms with Crippen molar-refractivity contribution in [2.75, 3.05) is 26.8 Å². The van der Waals surface area contributed by atoms with Gasteiger partial charge < -0.3 is 39.9 Å². The lowest BCUT2D eigenvalue weighted by Crippen LogP contribution is -2.45. The Labute approximate surface area is 245 Å². The van der Waals surface area contributed by atoms with Gasteiger partial charge in [0, 0.05) is 13.0 Å². The molecular formula is C22H21Br4N3O8. The standard InChI is InChI=1S/C22H21Br4N3O8/c1-34-18-13(25)4-22(19(31)16(18)26)5-14(29-37-22)20(32)27-6-10(30)8-35-17-11(23)2-9(3-12(17)24)15-7-28-21(33)36-15/h2-4,10,15,19,30-31H,5-8H2,1H3,(H,27,32)(H,28,33)/t10?,15?,19-,22+/m0/s1. The number of hydrogen-bond donors (Lipinski definition) is 4. The summed E-state index contributed by atoms with van der Waals surface area (Å²) in [6.07, 6.45) is -1.46. The summed E-state index contributed by atoms with van der Waals surface area (Å²) < 4.78 is 18.3. The van der Waals surface area contributed by atoms with E-state index in [1.165, 1.54) is 7.11 Å². The molecule has 0 bridgehead atoms. The molecule has 200 valence electrons. The molecule has 37 heavy (non-hydrogen) atoms. The van der Waals surface area contributed by atoms with Gasteiger partial charge in [0.25, 0.3) is 5.91 Å². The third kappa shape index (κ3) is 6.01. The van der Waals surface area contributed by atoms with Crippen LogP contribution in [0.15, 0.2) is 47.0 Å². The van der Waals surface area contributed by atoms with Crippen LogP contribution in [-0.4, -0.2) is 72.5 Å². The fourth-order valence-corrected chi connectivity index (χ4v) is 7.09. The Morgan fingerprint density at radius 1 is 1.32 bits per heavy atom. The molecule has 1 aliphatic carbocycles. The van der Waals surface area contributed by atoms with Crippen LogP contribution in [0, 0.1) is 0 Å². The zero-order valence-electron chi connectivity index (χ0n) is 19.1. The predicted octanol–water partition coefficient (Wildman–Crippen LogP) is 3.27. The summed E-state index contributed by atoms with van der Waals surface area (Å²) in [6, 6.07) is 3.53. The summed E-state index contributed by atoms with van der Waals surface area (Å²) in [5.41, 5.74) is -0.445. The number of nitrogens with one attached hydrogen (secondary N) is 2. The van der Waals surface area contributed by atoms with Crippen molar-refractivity contribution in [1.82, 2.24) is 10.6 Å². The van der Waals surface area contributed by atoms with Gasteiger partial charge in [0.15, 0.2) is 5.60 Å². The van der Waals surface area contributed by atoms with Crippen LogP contribution in [0.3, 0.4) is 0 Å². The van der Waals surface area contributed by atoms with Crippen molar-refractivity contribution in [3.63, 3.8) is 0 Å². The first-order chi connectivity index (χ1) is 17.5. The van der Waals surface area contributed by atoms with Gasteiger partial charge in [-0.2, -0.15) is 0 Å². The van der Waals surface area contributed by atoms with Crippen molar-refractivity contribution in [3.8, 4) is 5.75 Å². The summed E-state index contributed by atoms with van der Waals surface area (Å²) in [4.78, 5) is 29.4.